The number of benzene rings is 2. The number of hydrogen-bond acceptors (Lipinski definition) is 2. The van der Waals surface area contributed by atoms with Crippen LogP contribution in [0.2, 0.25) is 0 Å². The fourth-order valence-corrected chi connectivity index (χ4v) is 3.22. The first-order valence-corrected chi connectivity index (χ1v) is 7.83. The summed E-state index contributed by atoms with van der Waals surface area (Å²) in [5.74, 6) is 0.0948. The van der Waals surface area contributed by atoms with Gasteiger partial charge in [0.1, 0.15) is 7.85 Å². The smallest absolute Gasteiger partial charge is 0.178 e. The predicted molar refractivity (Wildman–Crippen MR) is 81.6 cm³/mol. The van der Waals surface area contributed by atoms with Crippen LogP contribution in [0.1, 0.15) is 12.5 Å². The van der Waals surface area contributed by atoms with Crippen LogP contribution in [-0.4, -0.2) is 22.0 Å². The van der Waals surface area contributed by atoms with Crippen LogP contribution in [0, 0.1) is 6.90 Å². The Bertz CT molecular complexity index is 681. The molecule has 19 heavy (non-hydrogen) atoms. The number of aryl methyl sites for hydroxylation is 2. The summed E-state index contributed by atoms with van der Waals surface area (Å²) in [5.41, 5.74) is 2.91. The maximum absolute atomic E-state index is 12.3. The van der Waals surface area contributed by atoms with E-state index in [2.05, 4.69) is 0 Å². The average molecular weight is 274 g/mol. The molecule has 0 aromatic heterocycles. The summed E-state index contributed by atoms with van der Waals surface area (Å²) in [6.07, 6.45) is 0.508. The van der Waals surface area contributed by atoms with Gasteiger partial charge in [0.2, 0.25) is 0 Å². The zero-order chi connectivity index (χ0) is 14.6. The van der Waals surface area contributed by atoms with E-state index in [0.29, 0.717) is 11.3 Å². The van der Waals surface area contributed by atoms with Crippen LogP contribution in [0.15, 0.2) is 53.4 Å². The zero-order valence-electron chi connectivity index (χ0n) is 12.0. The van der Waals surface area contributed by atoms with Gasteiger partial charge in [-0.05, 0) is 36.6 Å². The van der Waals surface area contributed by atoms with E-state index in [1.54, 1.807) is 24.3 Å². The fourth-order valence-electron chi connectivity index (χ4n) is 1.86. The molecule has 0 atom stereocenters. The Morgan fingerprint density at radius 2 is 1.89 bits per heavy atom. The maximum Gasteiger partial charge on any atom is 0.178 e. The van der Waals surface area contributed by atoms with Crippen LogP contribution < -0.4 is 5.46 Å². The van der Waals surface area contributed by atoms with Crippen molar-refractivity contribution in [2.75, 3.05) is 5.75 Å². The van der Waals surface area contributed by atoms with Crippen molar-refractivity contribution >= 4 is 23.1 Å². The van der Waals surface area contributed by atoms with Crippen LogP contribution in [0.5, 0.6) is 0 Å². The molecule has 0 aliphatic rings. The second-order valence-electron chi connectivity index (χ2n) is 4.70. The Labute approximate surface area is 117 Å². The molecule has 2 rings (SSSR count). The third kappa shape index (κ3) is 3.71. The Kier molecular flexibility index (Phi) is 3.69. The van der Waals surface area contributed by atoms with Gasteiger partial charge in [0.15, 0.2) is 9.84 Å². The lowest BCUT2D eigenvalue weighted by Gasteiger charge is -2.06. The quantitative estimate of drug-likeness (QED) is 0.787. The second kappa shape index (κ2) is 5.62. The van der Waals surface area contributed by atoms with E-state index >= 15 is 0 Å². The molecule has 4 heteroatoms. The second-order valence-corrected chi connectivity index (χ2v) is 6.81. The highest BCUT2D eigenvalue weighted by atomic mass is 32.2. The largest absolute Gasteiger partial charge is 0.224 e. The molecule has 0 fully saturated rings. The SMILES string of the molecule is [3H]Cc1cccc(S(=O)(=O)CCc2ccc(B)cc2)c1. The monoisotopic (exact) mass is 274 g/mol. The summed E-state index contributed by atoms with van der Waals surface area (Å²) in [6, 6.07) is 14.6. The lowest BCUT2D eigenvalue weighted by atomic mass is 9.95. The van der Waals surface area contributed by atoms with Crippen molar-refractivity contribution in [1.29, 1.82) is 0 Å². The molecule has 0 bridgehead atoms. The van der Waals surface area contributed by atoms with E-state index in [0.717, 1.165) is 11.1 Å². The Hall–Kier alpha value is -1.55. The Balaban J connectivity index is 2.12. The molecule has 0 heterocycles. The summed E-state index contributed by atoms with van der Waals surface area (Å²) < 4.78 is 31.9. The minimum Gasteiger partial charge on any atom is -0.224 e. The molecule has 2 aromatic rings. The molecule has 0 amide bonds. The molecule has 0 radical (unpaired) electrons. The fraction of sp³-hybridized carbons (Fsp3) is 0.200. The van der Waals surface area contributed by atoms with Crippen molar-refractivity contribution in [3.05, 3.63) is 59.7 Å². The van der Waals surface area contributed by atoms with Crippen LogP contribution in [0.3, 0.4) is 0 Å². The molecular weight excluding hydrogens is 255 g/mol. The minimum atomic E-state index is -3.28. The van der Waals surface area contributed by atoms with Gasteiger partial charge in [-0.2, -0.15) is 0 Å². The molecule has 0 spiro atoms. The highest BCUT2D eigenvalue weighted by Crippen LogP contribution is 2.14. The molecule has 98 valence electrons. The highest BCUT2D eigenvalue weighted by molar-refractivity contribution is 7.91. The summed E-state index contributed by atoms with van der Waals surface area (Å²) >= 11 is 0. The van der Waals surface area contributed by atoms with Gasteiger partial charge in [-0.1, -0.05) is 41.9 Å². The third-order valence-corrected chi connectivity index (χ3v) is 4.75. The minimum absolute atomic E-state index is 0.0948. The summed E-state index contributed by atoms with van der Waals surface area (Å²) in [7, 11) is -1.28. The van der Waals surface area contributed by atoms with Gasteiger partial charge in [0.25, 0.3) is 0 Å². The number of hydrogen-bond donors (Lipinski definition) is 0. The molecule has 0 saturated heterocycles. The summed E-state index contributed by atoms with van der Waals surface area (Å²) in [4.78, 5) is 0.314. The maximum atomic E-state index is 12.3. The predicted octanol–water partition coefficient (Wildman–Crippen LogP) is 1.27. The Morgan fingerprint density at radius 3 is 2.58 bits per heavy atom. The molecular formula is C15H17BO2S. The molecule has 0 N–H and O–H groups in total. The average Bonchev–Trinajstić information content (AvgIpc) is 2.47. The van der Waals surface area contributed by atoms with Gasteiger partial charge >= 0.3 is 0 Å². The lowest BCUT2D eigenvalue weighted by molar-refractivity contribution is 0.595. The third-order valence-electron chi connectivity index (χ3n) is 3.04. The normalized spacial score (nSPS) is 12.1. The van der Waals surface area contributed by atoms with Gasteiger partial charge in [0, 0.05) is 1.37 Å². The summed E-state index contributed by atoms with van der Waals surface area (Å²) in [6.45, 7) is 0.0985. The number of sulfone groups is 1. The lowest BCUT2D eigenvalue weighted by Crippen LogP contribution is -2.10. The van der Waals surface area contributed by atoms with Gasteiger partial charge in [-0.3, -0.25) is 0 Å². The van der Waals surface area contributed by atoms with Crippen molar-refractivity contribution in [2.45, 2.75) is 18.2 Å². The van der Waals surface area contributed by atoms with E-state index < -0.39 is 9.84 Å². The van der Waals surface area contributed by atoms with Gasteiger partial charge in [-0.15, -0.1) is 0 Å². The van der Waals surface area contributed by atoms with Crippen LogP contribution in [-0.2, 0) is 16.3 Å². The molecule has 2 aromatic carbocycles. The standard InChI is InChI=1S/C15H17BO2S/c1-12-3-2-4-15(11-12)19(17,18)10-9-13-5-7-14(16)8-6-13/h2-8,11H,9-10,16H2,1H3/i1T. The molecule has 0 aliphatic carbocycles. The van der Waals surface area contributed by atoms with Crippen LogP contribution >= 0.6 is 0 Å². The van der Waals surface area contributed by atoms with Crippen molar-refractivity contribution in [2.24, 2.45) is 0 Å². The highest BCUT2D eigenvalue weighted by Gasteiger charge is 2.14. The van der Waals surface area contributed by atoms with Crippen molar-refractivity contribution < 1.29 is 9.79 Å². The van der Waals surface area contributed by atoms with Gasteiger partial charge < -0.3 is 0 Å². The summed E-state index contributed by atoms with van der Waals surface area (Å²) in [5, 5.41) is 0. The van der Waals surface area contributed by atoms with Crippen molar-refractivity contribution in [1.82, 2.24) is 0 Å². The first kappa shape index (κ1) is 12.5. The van der Waals surface area contributed by atoms with E-state index in [9.17, 15) is 8.42 Å². The first-order valence-electron chi connectivity index (χ1n) is 6.88. The molecule has 0 unspecified atom stereocenters. The molecule has 0 aliphatic heterocycles. The Morgan fingerprint density at radius 1 is 1.16 bits per heavy atom. The van der Waals surface area contributed by atoms with Crippen LogP contribution in [0.25, 0.3) is 0 Å². The van der Waals surface area contributed by atoms with E-state index in [-0.39, 0.29) is 12.7 Å². The van der Waals surface area contributed by atoms with Gasteiger partial charge in [0.05, 0.1) is 10.6 Å². The molecule has 2 nitrogen and oxygen atoms in total. The van der Waals surface area contributed by atoms with Gasteiger partial charge in [-0.25, -0.2) is 8.42 Å². The van der Waals surface area contributed by atoms with Crippen molar-refractivity contribution in [3.63, 3.8) is 0 Å². The molecule has 0 saturated carbocycles. The van der Waals surface area contributed by atoms with Crippen molar-refractivity contribution in [3.8, 4) is 0 Å². The van der Waals surface area contributed by atoms with E-state index in [1.807, 2.05) is 32.1 Å². The topological polar surface area (TPSA) is 34.1 Å². The zero-order valence-corrected chi connectivity index (χ0v) is 11.8. The van der Waals surface area contributed by atoms with E-state index in [1.165, 1.54) is 5.46 Å². The first-order chi connectivity index (χ1) is 9.51. The van der Waals surface area contributed by atoms with E-state index in [4.69, 9.17) is 1.37 Å². The number of rotatable bonds is 4. The van der Waals surface area contributed by atoms with Crippen LogP contribution in [0.4, 0.5) is 0 Å².